The summed E-state index contributed by atoms with van der Waals surface area (Å²) in [5, 5.41) is 9.01. The number of halogens is 3. The quantitative estimate of drug-likeness (QED) is 0.892. The summed E-state index contributed by atoms with van der Waals surface area (Å²) in [7, 11) is 0. The standard InChI is InChI=1S/C13H12F3NO2/c14-13(15,16)11-7-9-6-8(2-1-3-12(18)19)4-5-10(9)17-11/h4-7,17H,1-3H2,(H,18,19). The molecule has 1 aromatic heterocycles. The number of aryl methyl sites for hydroxylation is 1. The fraction of sp³-hybridized carbons (Fsp3) is 0.308. The van der Waals surface area contributed by atoms with Crippen molar-refractivity contribution in [3.63, 3.8) is 0 Å². The molecule has 0 radical (unpaired) electrons. The Balaban J connectivity index is 2.18. The average Bonchev–Trinajstić information content (AvgIpc) is 2.71. The zero-order valence-electron chi connectivity index (χ0n) is 9.92. The second kappa shape index (κ2) is 4.95. The van der Waals surface area contributed by atoms with Gasteiger partial charge in [0.25, 0.3) is 0 Å². The van der Waals surface area contributed by atoms with Crippen molar-refractivity contribution >= 4 is 16.9 Å². The molecule has 0 atom stereocenters. The van der Waals surface area contributed by atoms with E-state index in [0.717, 1.165) is 11.6 Å². The van der Waals surface area contributed by atoms with Crippen LogP contribution in [0.2, 0.25) is 0 Å². The highest BCUT2D eigenvalue weighted by atomic mass is 19.4. The van der Waals surface area contributed by atoms with Crippen LogP contribution in [0.3, 0.4) is 0 Å². The Bertz CT molecular complexity index is 601. The number of rotatable bonds is 4. The minimum Gasteiger partial charge on any atom is -0.481 e. The second-order valence-electron chi connectivity index (χ2n) is 4.35. The molecule has 19 heavy (non-hydrogen) atoms. The summed E-state index contributed by atoms with van der Waals surface area (Å²) in [5.74, 6) is -0.873. The normalized spacial score (nSPS) is 11.9. The molecule has 0 saturated heterocycles. The van der Waals surface area contributed by atoms with Gasteiger partial charge in [0.15, 0.2) is 0 Å². The third-order valence-electron chi connectivity index (χ3n) is 2.85. The summed E-state index contributed by atoms with van der Waals surface area (Å²) < 4.78 is 37.6. The maximum Gasteiger partial charge on any atom is 0.431 e. The zero-order valence-corrected chi connectivity index (χ0v) is 9.92. The van der Waals surface area contributed by atoms with Crippen LogP contribution in [0.5, 0.6) is 0 Å². The Hall–Kier alpha value is -1.98. The highest BCUT2D eigenvalue weighted by molar-refractivity contribution is 5.81. The lowest BCUT2D eigenvalue weighted by atomic mass is 10.1. The van der Waals surface area contributed by atoms with Gasteiger partial charge in [0.2, 0.25) is 0 Å². The Morgan fingerprint density at radius 3 is 2.63 bits per heavy atom. The lowest BCUT2D eigenvalue weighted by Crippen LogP contribution is -2.04. The molecule has 2 N–H and O–H groups in total. The molecule has 0 aliphatic carbocycles. The van der Waals surface area contributed by atoms with E-state index in [-0.39, 0.29) is 6.42 Å². The highest BCUT2D eigenvalue weighted by Gasteiger charge is 2.32. The monoisotopic (exact) mass is 271 g/mol. The maximum atomic E-state index is 12.5. The predicted octanol–water partition coefficient (Wildman–Crippen LogP) is 3.59. The number of carboxylic acid groups (broad SMARTS) is 1. The lowest BCUT2D eigenvalue weighted by molar-refractivity contribution is -0.140. The molecule has 0 fully saturated rings. The number of aliphatic carboxylic acids is 1. The highest BCUT2D eigenvalue weighted by Crippen LogP contribution is 2.31. The van der Waals surface area contributed by atoms with E-state index in [4.69, 9.17) is 5.11 Å². The molecule has 0 amide bonds. The topological polar surface area (TPSA) is 53.1 Å². The number of hydrogen-bond acceptors (Lipinski definition) is 1. The van der Waals surface area contributed by atoms with Crippen LogP contribution in [-0.2, 0) is 17.4 Å². The molecule has 0 bridgehead atoms. The predicted molar refractivity (Wildman–Crippen MR) is 63.9 cm³/mol. The molecular weight excluding hydrogens is 259 g/mol. The van der Waals surface area contributed by atoms with Gasteiger partial charge < -0.3 is 10.1 Å². The van der Waals surface area contributed by atoms with Gasteiger partial charge in [-0.2, -0.15) is 13.2 Å². The minimum atomic E-state index is -4.39. The first-order valence-corrected chi connectivity index (χ1v) is 5.77. The molecular formula is C13H12F3NO2. The fourth-order valence-electron chi connectivity index (χ4n) is 1.93. The second-order valence-corrected chi connectivity index (χ2v) is 4.35. The molecule has 0 aliphatic heterocycles. The minimum absolute atomic E-state index is 0.0545. The van der Waals surface area contributed by atoms with Gasteiger partial charge in [-0.25, -0.2) is 0 Å². The molecule has 0 spiro atoms. The molecule has 0 aliphatic rings. The molecule has 6 heteroatoms. The average molecular weight is 271 g/mol. The van der Waals surface area contributed by atoms with Gasteiger partial charge in [0.1, 0.15) is 5.69 Å². The summed E-state index contributed by atoms with van der Waals surface area (Å²) >= 11 is 0. The summed E-state index contributed by atoms with van der Waals surface area (Å²) in [6, 6.07) is 6.01. The largest absolute Gasteiger partial charge is 0.481 e. The number of aromatic nitrogens is 1. The van der Waals surface area contributed by atoms with Gasteiger partial charge in [-0.3, -0.25) is 4.79 Å². The van der Waals surface area contributed by atoms with Crippen molar-refractivity contribution in [2.24, 2.45) is 0 Å². The van der Waals surface area contributed by atoms with Crippen molar-refractivity contribution in [2.75, 3.05) is 0 Å². The van der Waals surface area contributed by atoms with Gasteiger partial charge in [0.05, 0.1) is 0 Å². The van der Waals surface area contributed by atoms with E-state index >= 15 is 0 Å². The lowest BCUT2D eigenvalue weighted by Gasteiger charge is -2.00. The number of alkyl halides is 3. The Labute approximate surface area is 107 Å². The van der Waals surface area contributed by atoms with Crippen molar-refractivity contribution in [1.29, 1.82) is 0 Å². The molecule has 3 nitrogen and oxygen atoms in total. The van der Waals surface area contributed by atoms with Crippen LogP contribution in [-0.4, -0.2) is 16.1 Å². The first-order chi connectivity index (χ1) is 8.86. The van der Waals surface area contributed by atoms with Gasteiger partial charge >= 0.3 is 12.1 Å². The molecule has 0 saturated carbocycles. The van der Waals surface area contributed by atoms with Crippen LogP contribution in [0.4, 0.5) is 13.2 Å². The first-order valence-electron chi connectivity index (χ1n) is 5.77. The summed E-state index contributed by atoms with van der Waals surface area (Å²) in [4.78, 5) is 12.7. The number of benzene rings is 1. The summed E-state index contributed by atoms with van der Waals surface area (Å²) in [6.07, 6.45) is -3.33. The fourth-order valence-corrected chi connectivity index (χ4v) is 1.93. The van der Waals surface area contributed by atoms with Crippen molar-refractivity contribution < 1.29 is 23.1 Å². The number of fused-ring (bicyclic) bond motifs is 1. The van der Waals surface area contributed by atoms with Gasteiger partial charge in [-0.05, 0) is 36.6 Å². The van der Waals surface area contributed by atoms with Crippen molar-refractivity contribution in [2.45, 2.75) is 25.4 Å². The van der Waals surface area contributed by atoms with Crippen LogP contribution in [0.25, 0.3) is 10.9 Å². The van der Waals surface area contributed by atoms with Gasteiger partial charge in [0, 0.05) is 17.3 Å². The number of hydrogen-bond donors (Lipinski definition) is 2. The molecule has 2 aromatic rings. The molecule has 0 unspecified atom stereocenters. The van der Waals surface area contributed by atoms with Gasteiger partial charge in [-0.1, -0.05) is 6.07 Å². The first kappa shape index (κ1) is 13.5. The molecule has 1 heterocycles. The van der Waals surface area contributed by atoms with E-state index in [2.05, 4.69) is 4.98 Å². The number of carbonyl (C=O) groups is 1. The van der Waals surface area contributed by atoms with Crippen LogP contribution in [0, 0.1) is 0 Å². The zero-order chi connectivity index (χ0) is 14.0. The number of aromatic amines is 1. The van der Waals surface area contributed by atoms with E-state index in [0.29, 0.717) is 23.7 Å². The maximum absolute atomic E-state index is 12.5. The Morgan fingerprint density at radius 1 is 1.26 bits per heavy atom. The Kier molecular flexibility index (Phi) is 3.50. The van der Waals surface area contributed by atoms with Crippen LogP contribution in [0.1, 0.15) is 24.1 Å². The third kappa shape index (κ3) is 3.27. The molecule has 102 valence electrons. The van der Waals surface area contributed by atoms with Crippen molar-refractivity contribution in [3.8, 4) is 0 Å². The van der Waals surface area contributed by atoms with E-state index in [9.17, 15) is 18.0 Å². The molecule has 1 aromatic carbocycles. The van der Waals surface area contributed by atoms with E-state index in [1.807, 2.05) is 0 Å². The van der Waals surface area contributed by atoms with E-state index in [1.165, 1.54) is 0 Å². The van der Waals surface area contributed by atoms with E-state index < -0.39 is 17.8 Å². The number of carboxylic acids is 1. The number of H-pyrrole nitrogens is 1. The molecule has 2 rings (SSSR count). The smallest absolute Gasteiger partial charge is 0.431 e. The SMILES string of the molecule is O=C(O)CCCc1ccc2[nH]c(C(F)(F)F)cc2c1. The van der Waals surface area contributed by atoms with Crippen molar-refractivity contribution in [1.82, 2.24) is 4.98 Å². The van der Waals surface area contributed by atoms with E-state index in [1.54, 1.807) is 18.2 Å². The Morgan fingerprint density at radius 2 is 2.00 bits per heavy atom. The van der Waals surface area contributed by atoms with Crippen LogP contribution < -0.4 is 0 Å². The van der Waals surface area contributed by atoms with Crippen LogP contribution >= 0.6 is 0 Å². The van der Waals surface area contributed by atoms with Crippen molar-refractivity contribution in [3.05, 3.63) is 35.5 Å². The summed E-state index contributed by atoms with van der Waals surface area (Å²) in [5.41, 5.74) is 0.487. The number of nitrogens with one attached hydrogen (secondary N) is 1. The summed E-state index contributed by atoms with van der Waals surface area (Å²) in [6.45, 7) is 0. The van der Waals surface area contributed by atoms with Crippen LogP contribution in [0.15, 0.2) is 24.3 Å². The third-order valence-corrected chi connectivity index (χ3v) is 2.85. The van der Waals surface area contributed by atoms with Gasteiger partial charge in [-0.15, -0.1) is 0 Å².